The second-order valence-electron chi connectivity index (χ2n) is 5.34. The number of carbonyl (C=O) groups is 1. The number of aromatic nitrogens is 1. The van der Waals surface area contributed by atoms with Crippen molar-refractivity contribution in [2.24, 2.45) is 4.99 Å². The highest BCUT2D eigenvalue weighted by atomic mass is 32.1. The Morgan fingerprint density at radius 1 is 1.16 bits per heavy atom. The minimum absolute atomic E-state index is 0.257. The molecule has 128 valence electrons. The highest BCUT2D eigenvalue weighted by molar-refractivity contribution is 7.07. The fourth-order valence-electron chi connectivity index (χ4n) is 2.51. The molecule has 0 fully saturated rings. The molecule has 2 aromatic carbocycles. The number of ether oxygens (including phenoxy) is 1. The van der Waals surface area contributed by atoms with Gasteiger partial charge >= 0.3 is 5.97 Å². The quantitative estimate of drug-likeness (QED) is 0.748. The molecule has 1 N–H and O–H groups in total. The normalized spacial score (nSPS) is 11.5. The maximum absolute atomic E-state index is 10.9. The molecule has 3 aromatic rings. The molecule has 0 aliphatic heterocycles. The van der Waals surface area contributed by atoms with E-state index in [0.717, 1.165) is 34.0 Å². The van der Waals surface area contributed by atoms with Crippen LogP contribution >= 0.6 is 11.3 Å². The number of benzene rings is 2. The van der Waals surface area contributed by atoms with Gasteiger partial charge in [0, 0.05) is 11.9 Å². The summed E-state index contributed by atoms with van der Waals surface area (Å²) in [6.45, 7) is 2.86. The zero-order chi connectivity index (χ0) is 17.8. The Labute approximate surface area is 149 Å². The van der Waals surface area contributed by atoms with Crippen molar-refractivity contribution in [1.29, 1.82) is 0 Å². The standard InChI is InChI=1S/C19H18N2O3S/c1-3-21-17(13-6-10-16(24-2)11-7-13)12-25-19(21)20-15-8-4-14(5-9-15)18(22)23/h4-12H,3H2,1-2H3,(H,22,23). The topological polar surface area (TPSA) is 63.8 Å². The first-order valence-electron chi connectivity index (χ1n) is 7.83. The second-order valence-corrected chi connectivity index (χ2v) is 6.18. The van der Waals surface area contributed by atoms with Gasteiger partial charge in [0.2, 0.25) is 0 Å². The molecule has 25 heavy (non-hydrogen) atoms. The van der Waals surface area contributed by atoms with Crippen LogP contribution in [0.3, 0.4) is 0 Å². The lowest BCUT2D eigenvalue weighted by molar-refractivity contribution is 0.0697. The van der Waals surface area contributed by atoms with Gasteiger partial charge in [-0.3, -0.25) is 0 Å². The van der Waals surface area contributed by atoms with Crippen LogP contribution in [0.15, 0.2) is 58.9 Å². The van der Waals surface area contributed by atoms with Crippen molar-refractivity contribution in [3.05, 3.63) is 64.3 Å². The van der Waals surface area contributed by atoms with E-state index >= 15 is 0 Å². The summed E-state index contributed by atoms with van der Waals surface area (Å²) in [6, 6.07) is 14.5. The van der Waals surface area contributed by atoms with E-state index in [1.807, 2.05) is 24.3 Å². The van der Waals surface area contributed by atoms with Crippen LogP contribution < -0.4 is 9.54 Å². The van der Waals surface area contributed by atoms with Gasteiger partial charge in [-0.1, -0.05) is 0 Å². The van der Waals surface area contributed by atoms with Gasteiger partial charge < -0.3 is 14.4 Å². The van der Waals surface area contributed by atoms with E-state index in [9.17, 15) is 4.79 Å². The van der Waals surface area contributed by atoms with Crippen LogP contribution in [-0.2, 0) is 6.54 Å². The molecule has 6 heteroatoms. The van der Waals surface area contributed by atoms with E-state index < -0.39 is 5.97 Å². The SMILES string of the molecule is CCn1c(-c2ccc(OC)cc2)csc1=Nc1ccc(C(=O)O)cc1. The molecule has 0 amide bonds. The Hall–Kier alpha value is -2.86. The first-order chi connectivity index (χ1) is 12.1. The van der Waals surface area contributed by atoms with Gasteiger partial charge in [0.05, 0.1) is 24.1 Å². The van der Waals surface area contributed by atoms with E-state index in [1.54, 1.807) is 42.7 Å². The Morgan fingerprint density at radius 2 is 1.84 bits per heavy atom. The third kappa shape index (κ3) is 3.64. The van der Waals surface area contributed by atoms with Crippen LogP contribution in [0.2, 0.25) is 0 Å². The average molecular weight is 354 g/mol. The van der Waals surface area contributed by atoms with Crippen molar-refractivity contribution in [1.82, 2.24) is 4.57 Å². The first kappa shape index (κ1) is 17.0. The van der Waals surface area contributed by atoms with E-state index in [1.165, 1.54) is 0 Å². The molecule has 0 spiro atoms. The van der Waals surface area contributed by atoms with E-state index in [-0.39, 0.29) is 5.56 Å². The first-order valence-corrected chi connectivity index (χ1v) is 8.71. The number of rotatable bonds is 5. The van der Waals surface area contributed by atoms with Gasteiger partial charge in [0.25, 0.3) is 0 Å². The molecule has 1 heterocycles. The lowest BCUT2D eigenvalue weighted by Crippen LogP contribution is -2.14. The van der Waals surface area contributed by atoms with Crippen LogP contribution in [0, 0.1) is 0 Å². The van der Waals surface area contributed by atoms with Crippen molar-refractivity contribution in [2.45, 2.75) is 13.5 Å². The summed E-state index contributed by atoms with van der Waals surface area (Å²) in [4.78, 5) is 16.5. The van der Waals surface area contributed by atoms with Crippen LogP contribution in [0.4, 0.5) is 5.69 Å². The molecule has 0 radical (unpaired) electrons. The predicted octanol–water partition coefficient (Wildman–Crippen LogP) is 4.18. The van der Waals surface area contributed by atoms with Crippen LogP contribution in [0.1, 0.15) is 17.3 Å². The summed E-state index contributed by atoms with van der Waals surface area (Å²) < 4.78 is 7.34. The molecule has 0 aliphatic carbocycles. The Kier molecular flexibility index (Phi) is 5.00. The molecule has 0 bridgehead atoms. The van der Waals surface area contributed by atoms with Crippen molar-refractivity contribution in [3.63, 3.8) is 0 Å². The lowest BCUT2D eigenvalue weighted by Gasteiger charge is -2.07. The molecule has 0 unspecified atom stereocenters. The van der Waals surface area contributed by atoms with Gasteiger partial charge in [-0.05, 0) is 61.0 Å². The maximum Gasteiger partial charge on any atom is 0.335 e. The van der Waals surface area contributed by atoms with Crippen LogP contribution in [-0.4, -0.2) is 22.8 Å². The fraction of sp³-hybridized carbons (Fsp3) is 0.158. The van der Waals surface area contributed by atoms with Crippen LogP contribution in [0.5, 0.6) is 5.75 Å². The lowest BCUT2D eigenvalue weighted by atomic mass is 10.1. The molecule has 0 saturated carbocycles. The third-order valence-corrected chi connectivity index (χ3v) is 4.70. The summed E-state index contributed by atoms with van der Waals surface area (Å²) in [7, 11) is 1.65. The van der Waals surface area contributed by atoms with Crippen molar-refractivity contribution >= 4 is 23.0 Å². The van der Waals surface area contributed by atoms with Crippen molar-refractivity contribution in [2.75, 3.05) is 7.11 Å². The minimum Gasteiger partial charge on any atom is -0.497 e. The molecule has 5 nitrogen and oxygen atoms in total. The number of aromatic carboxylic acids is 1. The third-order valence-electron chi connectivity index (χ3n) is 3.84. The minimum atomic E-state index is -0.937. The fourth-order valence-corrected chi connectivity index (χ4v) is 3.50. The van der Waals surface area contributed by atoms with E-state index in [4.69, 9.17) is 9.84 Å². The smallest absolute Gasteiger partial charge is 0.335 e. The number of thiazole rings is 1. The zero-order valence-corrected chi connectivity index (χ0v) is 14.8. The maximum atomic E-state index is 10.9. The Bertz CT molecular complexity index is 938. The molecular weight excluding hydrogens is 336 g/mol. The number of carboxylic acid groups (broad SMARTS) is 1. The molecule has 3 rings (SSSR count). The number of carboxylic acids is 1. The largest absolute Gasteiger partial charge is 0.497 e. The summed E-state index contributed by atoms with van der Waals surface area (Å²) in [5.41, 5.74) is 3.18. The number of methoxy groups -OCH3 is 1. The Balaban J connectivity index is 1.99. The molecule has 0 aliphatic rings. The summed E-state index contributed by atoms with van der Waals surface area (Å²) in [5.74, 6) is -0.112. The van der Waals surface area contributed by atoms with E-state index in [2.05, 4.69) is 21.9 Å². The van der Waals surface area contributed by atoms with Crippen molar-refractivity contribution < 1.29 is 14.6 Å². The van der Waals surface area contributed by atoms with Gasteiger partial charge in [0.1, 0.15) is 5.75 Å². The van der Waals surface area contributed by atoms with Crippen molar-refractivity contribution in [3.8, 4) is 17.0 Å². The molecule has 0 atom stereocenters. The van der Waals surface area contributed by atoms with Crippen LogP contribution in [0.25, 0.3) is 11.3 Å². The number of hydrogen-bond donors (Lipinski definition) is 1. The Morgan fingerprint density at radius 3 is 2.40 bits per heavy atom. The monoisotopic (exact) mass is 354 g/mol. The molecule has 1 aromatic heterocycles. The number of nitrogens with zero attached hydrogens (tertiary/aromatic N) is 2. The highest BCUT2D eigenvalue weighted by Crippen LogP contribution is 2.23. The number of hydrogen-bond acceptors (Lipinski definition) is 4. The summed E-state index contributed by atoms with van der Waals surface area (Å²) in [6.07, 6.45) is 0. The zero-order valence-electron chi connectivity index (χ0n) is 14.0. The molecular formula is C19H18N2O3S. The molecule has 0 saturated heterocycles. The highest BCUT2D eigenvalue weighted by Gasteiger charge is 2.07. The summed E-state index contributed by atoms with van der Waals surface area (Å²) in [5, 5.41) is 11.1. The predicted molar refractivity (Wildman–Crippen MR) is 98.6 cm³/mol. The van der Waals surface area contributed by atoms with Gasteiger partial charge in [-0.2, -0.15) is 0 Å². The van der Waals surface area contributed by atoms with Gasteiger partial charge in [-0.25, -0.2) is 9.79 Å². The van der Waals surface area contributed by atoms with Gasteiger partial charge in [-0.15, -0.1) is 11.3 Å². The van der Waals surface area contributed by atoms with E-state index in [0.29, 0.717) is 0 Å². The average Bonchev–Trinajstić information content (AvgIpc) is 3.04. The summed E-state index contributed by atoms with van der Waals surface area (Å²) >= 11 is 1.56. The second kappa shape index (κ2) is 7.36. The van der Waals surface area contributed by atoms with Gasteiger partial charge in [0.15, 0.2) is 4.80 Å².